The Kier molecular flexibility index (Phi) is 5.30. The molecule has 0 saturated carbocycles. The second kappa shape index (κ2) is 7.81. The van der Waals surface area contributed by atoms with E-state index >= 15 is 0 Å². The molecule has 0 atom stereocenters. The molecule has 0 spiro atoms. The van der Waals surface area contributed by atoms with Crippen LogP contribution in [0.25, 0.3) is 0 Å². The number of urea groups is 2. The topological polar surface area (TPSA) is 98.7 Å². The summed E-state index contributed by atoms with van der Waals surface area (Å²) in [6.45, 7) is 1.02. The number of aromatic nitrogens is 2. The minimum absolute atomic E-state index is 0.222. The molecule has 27 heavy (non-hydrogen) atoms. The highest BCUT2D eigenvalue weighted by molar-refractivity contribution is 6.03. The zero-order valence-electron chi connectivity index (χ0n) is 15.1. The van der Waals surface area contributed by atoms with Crippen LogP contribution < -0.4 is 10.2 Å². The van der Waals surface area contributed by atoms with Crippen LogP contribution in [-0.2, 0) is 6.54 Å². The van der Waals surface area contributed by atoms with Crippen molar-refractivity contribution in [2.45, 2.75) is 6.54 Å². The van der Waals surface area contributed by atoms with Gasteiger partial charge in [0.15, 0.2) is 0 Å². The first-order chi connectivity index (χ1) is 13.0. The lowest BCUT2D eigenvalue weighted by atomic mass is 10.2. The van der Waals surface area contributed by atoms with Crippen LogP contribution in [0, 0.1) is 0 Å². The van der Waals surface area contributed by atoms with Gasteiger partial charge in [-0.15, -0.1) is 0 Å². The van der Waals surface area contributed by atoms with E-state index in [9.17, 15) is 14.4 Å². The molecule has 9 nitrogen and oxygen atoms in total. The van der Waals surface area contributed by atoms with Crippen molar-refractivity contribution in [2.75, 3.05) is 32.1 Å². The van der Waals surface area contributed by atoms with E-state index < -0.39 is 0 Å². The van der Waals surface area contributed by atoms with Gasteiger partial charge in [-0.2, -0.15) is 0 Å². The van der Waals surface area contributed by atoms with Crippen LogP contribution in [0.15, 0.2) is 42.9 Å². The average molecular weight is 368 g/mol. The van der Waals surface area contributed by atoms with Gasteiger partial charge in [-0.05, 0) is 23.8 Å². The van der Waals surface area contributed by atoms with Crippen molar-refractivity contribution in [3.63, 3.8) is 0 Å². The number of hydrogen-bond acceptors (Lipinski definition) is 5. The quantitative estimate of drug-likeness (QED) is 0.878. The van der Waals surface area contributed by atoms with Crippen molar-refractivity contribution < 1.29 is 14.4 Å². The fraction of sp³-hybridized carbons (Fsp3) is 0.278. The predicted molar refractivity (Wildman–Crippen MR) is 98.2 cm³/mol. The molecule has 1 N–H and O–H groups in total. The lowest BCUT2D eigenvalue weighted by Crippen LogP contribution is -2.42. The molecule has 0 radical (unpaired) electrons. The molecule has 3 rings (SSSR count). The largest absolute Gasteiger partial charge is 0.348 e. The van der Waals surface area contributed by atoms with Gasteiger partial charge in [0.2, 0.25) is 0 Å². The maximum absolute atomic E-state index is 12.4. The summed E-state index contributed by atoms with van der Waals surface area (Å²) >= 11 is 0. The van der Waals surface area contributed by atoms with Crippen LogP contribution in [0.5, 0.6) is 0 Å². The zero-order valence-corrected chi connectivity index (χ0v) is 15.1. The summed E-state index contributed by atoms with van der Waals surface area (Å²) in [6.07, 6.45) is 4.70. The summed E-state index contributed by atoms with van der Waals surface area (Å²) in [6, 6.07) is 6.13. The van der Waals surface area contributed by atoms with Crippen LogP contribution >= 0.6 is 0 Å². The molecular formula is C18H20N6O3. The van der Waals surface area contributed by atoms with E-state index in [1.54, 1.807) is 50.8 Å². The van der Waals surface area contributed by atoms with Gasteiger partial charge in [0.1, 0.15) is 5.82 Å². The molecule has 0 unspecified atom stereocenters. The first-order valence-electron chi connectivity index (χ1n) is 8.41. The minimum atomic E-state index is -0.390. The number of pyridine rings is 2. The number of anilines is 1. The van der Waals surface area contributed by atoms with E-state index in [0.717, 1.165) is 5.56 Å². The van der Waals surface area contributed by atoms with E-state index in [1.165, 1.54) is 20.9 Å². The molecular weight excluding hydrogens is 348 g/mol. The van der Waals surface area contributed by atoms with Crippen LogP contribution in [-0.4, -0.2) is 64.9 Å². The number of nitrogens with one attached hydrogen (secondary N) is 1. The summed E-state index contributed by atoms with van der Waals surface area (Å²) in [7, 11) is 3.20. The van der Waals surface area contributed by atoms with Gasteiger partial charge < -0.3 is 10.2 Å². The van der Waals surface area contributed by atoms with Crippen LogP contribution in [0.4, 0.5) is 15.4 Å². The SMILES string of the molecule is CN(C)C(=O)N1CCN(c2ccc(CNC(=O)c3cccnc3)cn2)C1=O. The predicted octanol–water partition coefficient (Wildman–Crippen LogP) is 1.33. The summed E-state index contributed by atoms with van der Waals surface area (Å²) in [5, 5.41) is 2.79. The summed E-state index contributed by atoms with van der Waals surface area (Å²) in [4.78, 5) is 48.6. The maximum Gasteiger partial charge on any atom is 0.333 e. The number of amides is 5. The van der Waals surface area contributed by atoms with Crippen molar-refractivity contribution in [3.8, 4) is 0 Å². The lowest BCUT2D eigenvalue weighted by Gasteiger charge is -2.20. The molecule has 1 fully saturated rings. The molecule has 3 heterocycles. The maximum atomic E-state index is 12.4. The highest BCUT2D eigenvalue weighted by Crippen LogP contribution is 2.19. The monoisotopic (exact) mass is 368 g/mol. The van der Waals surface area contributed by atoms with Crippen molar-refractivity contribution in [1.82, 2.24) is 25.1 Å². The molecule has 2 aromatic rings. The Hall–Kier alpha value is -3.49. The Morgan fingerprint density at radius 3 is 2.63 bits per heavy atom. The number of hydrogen-bond donors (Lipinski definition) is 1. The van der Waals surface area contributed by atoms with Gasteiger partial charge in [-0.1, -0.05) is 6.07 Å². The molecule has 1 aliphatic heterocycles. The van der Waals surface area contributed by atoms with Crippen LogP contribution in [0.1, 0.15) is 15.9 Å². The molecule has 0 bridgehead atoms. The molecule has 0 aromatic carbocycles. The summed E-state index contributed by atoms with van der Waals surface area (Å²) < 4.78 is 0. The fourth-order valence-corrected chi connectivity index (χ4v) is 2.63. The first-order valence-corrected chi connectivity index (χ1v) is 8.41. The van der Waals surface area contributed by atoms with E-state index in [1.807, 2.05) is 0 Å². The number of carbonyl (C=O) groups is 3. The Morgan fingerprint density at radius 1 is 1.19 bits per heavy atom. The van der Waals surface area contributed by atoms with Crippen LogP contribution in [0.3, 0.4) is 0 Å². The van der Waals surface area contributed by atoms with Gasteiger partial charge in [0.25, 0.3) is 5.91 Å². The Morgan fingerprint density at radius 2 is 2.00 bits per heavy atom. The molecule has 0 aliphatic carbocycles. The van der Waals surface area contributed by atoms with Gasteiger partial charge in [0.05, 0.1) is 12.1 Å². The van der Waals surface area contributed by atoms with Crippen molar-refractivity contribution >= 4 is 23.8 Å². The Labute approximate surface area is 156 Å². The van der Waals surface area contributed by atoms with Gasteiger partial charge in [-0.25, -0.2) is 19.5 Å². The number of rotatable bonds is 4. The van der Waals surface area contributed by atoms with E-state index in [0.29, 0.717) is 31.0 Å². The smallest absolute Gasteiger partial charge is 0.333 e. The summed E-state index contributed by atoms with van der Waals surface area (Å²) in [5.74, 6) is 0.246. The van der Waals surface area contributed by atoms with E-state index in [4.69, 9.17) is 0 Å². The molecule has 1 saturated heterocycles. The molecule has 2 aromatic heterocycles. The molecule has 140 valence electrons. The first kappa shape index (κ1) is 18.3. The second-order valence-electron chi connectivity index (χ2n) is 6.21. The van der Waals surface area contributed by atoms with Crippen molar-refractivity contribution in [2.24, 2.45) is 0 Å². The van der Waals surface area contributed by atoms with E-state index in [-0.39, 0.29) is 18.0 Å². The van der Waals surface area contributed by atoms with Crippen molar-refractivity contribution in [3.05, 3.63) is 54.0 Å². The highest BCUT2D eigenvalue weighted by atomic mass is 16.2. The normalized spacial score (nSPS) is 13.6. The Bertz CT molecular complexity index is 838. The standard InChI is InChI=1S/C18H20N6O3/c1-22(2)17(26)24-9-8-23(18(24)27)15-6-5-13(10-20-15)11-21-16(25)14-4-3-7-19-12-14/h3-7,10,12H,8-9,11H2,1-2H3,(H,21,25). The number of carbonyl (C=O) groups excluding carboxylic acids is 3. The van der Waals surface area contributed by atoms with Gasteiger partial charge in [0, 0.05) is 45.8 Å². The second-order valence-corrected chi connectivity index (χ2v) is 6.21. The Balaban J connectivity index is 1.60. The van der Waals surface area contributed by atoms with Crippen molar-refractivity contribution in [1.29, 1.82) is 0 Å². The molecule has 5 amide bonds. The van der Waals surface area contributed by atoms with Gasteiger partial charge >= 0.3 is 12.1 Å². The molecule has 1 aliphatic rings. The number of nitrogens with zero attached hydrogens (tertiary/aromatic N) is 5. The third kappa shape index (κ3) is 4.02. The third-order valence-corrected chi connectivity index (χ3v) is 4.08. The minimum Gasteiger partial charge on any atom is -0.348 e. The molecule has 9 heteroatoms. The highest BCUT2D eigenvalue weighted by Gasteiger charge is 2.35. The van der Waals surface area contributed by atoms with Gasteiger partial charge in [-0.3, -0.25) is 14.7 Å². The van der Waals surface area contributed by atoms with E-state index in [2.05, 4.69) is 15.3 Å². The fourth-order valence-electron chi connectivity index (χ4n) is 2.63. The van der Waals surface area contributed by atoms with Crippen LogP contribution in [0.2, 0.25) is 0 Å². The summed E-state index contributed by atoms with van der Waals surface area (Å²) in [5.41, 5.74) is 1.28. The third-order valence-electron chi connectivity index (χ3n) is 4.08. The number of imide groups is 1. The lowest BCUT2D eigenvalue weighted by molar-refractivity contribution is 0.0950. The zero-order chi connectivity index (χ0) is 19.4. The average Bonchev–Trinajstić information content (AvgIpc) is 3.07.